The molecule has 0 aliphatic heterocycles. The molecule has 174 valence electrons. The van der Waals surface area contributed by atoms with E-state index < -0.39 is 10.1 Å². The molecule has 0 aliphatic carbocycles. The van der Waals surface area contributed by atoms with Crippen molar-refractivity contribution in [2.45, 2.75) is 110 Å². The van der Waals surface area contributed by atoms with Gasteiger partial charge in [0.2, 0.25) is 0 Å². The summed E-state index contributed by atoms with van der Waals surface area (Å²) in [5.74, 6) is 0.516. The molecule has 31 heavy (non-hydrogen) atoms. The first-order valence-corrected chi connectivity index (χ1v) is 13.7. The van der Waals surface area contributed by atoms with Crippen LogP contribution in [0, 0.1) is 0 Å². The first kappa shape index (κ1) is 30.9. The quantitative estimate of drug-likeness (QED) is 0.167. The summed E-state index contributed by atoms with van der Waals surface area (Å²) in [6.45, 7) is 2.71. The molecule has 0 heterocycles. The SMILES string of the molecule is CCCCCCCCCCCCCCCc1cccc(OCCCCS(=O)(=O)[O-])c1.[Na+]. The van der Waals surface area contributed by atoms with Gasteiger partial charge in [-0.15, -0.1) is 0 Å². The molecule has 0 aliphatic rings. The molecular formula is C25H43NaO4S. The van der Waals surface area contributed by atoms with E-state index in [1.807, 2.05) is 12.1 Å². The third-order valence-electron chi connectivity index (χ3n) is 5.52. The Balaban J connectivity index is 0.00000900. The number of benzene rings is 1. The standard InChI is InChI=1S/C25H44O4S.Na/c1-2-3-4-5-6-7-8-9-10-11-12-13-14-18-24-19-17-20-25(23-24)29-21-15-16-22-30(26,27)28;/h17,19-20,23H,2-16,18,21-22H2,1H3,(H,26,27,28);/q;+1/p-1. The van der Waals surface area contributed by atoms with Crippen molar-refractivity contribution < 1.29 is 47.3 Å². The van der Waals surface area contributed by atoms with Gasteiger partial charge in [-0.2, -0.15) is 0 Å². The van der Waals surface area contributed by atoms with E-state index in [0.717, 1.165) is 12.2 Å². The molecule has 0 atom stereocenters. The average molecular weight is 463 g/mol. The number of unbranched alkanes of at least 4 members (excludes halogenated alkanes) is 13. The van der Waals surface area contributed by atoms with E-state index in [1.165, 1.54) is 89.0 Å². The molecule has 0 N–H and O–H groups in total. The minimum atomic E-state index is -4.11. The van der Waals surface area contributed by atoms with Crippen LogP contribution in [0.3, 0.4) is 0 Å². The zero-order valence-electron chi connectivity index (χ0n) is 20.1. The molecule has 1 rings (SSSR count). The predicted molar refractivity (Wildman–Crippen MR) is 125 cm³/mol. The first-order valence-electron chi connectivity index (χ1n) is 12.2. The van der Waals surface area contributed by atoms with Gasteiger partial charge in [0.25, 0.3) is 0 Å². The predicted octanol–water partition coefficient (Wildman–Crippen LogP) is 4.03. The zero-order chi connectivity index (χ0) is 21.9. The fourth-order valence-corrected chi connectivity index (χ4v) is 4.27. The van der Waals surface area contributed by atoms with Crippen LogP contribution in [-0.2, 0) is 16.5 Å². The van der Waals surface area contributed by atoms with Crippen LogP contribution in [0.15, 0.2) is 24.3 Å². The smallest absolute Gasteiger partial charge is 0.748 e. The van der Waals surface area contributed by atoms with Crippen LogP contribution in [0.2, 0.25) is 0 Å². The van der Waals surface area contributed by atoms with Crippen molar-refractivity contribution >= 4 is 10.1 Å². The zero-order valence-corrected chi connectivity index (χ0v) is 22.9. The second-order valence-electron chi connectivity index (χ2n) is 8.46. The third-order valence-corrected chi connectivity index (χ3v) is 6.31. The van der Waals surface area contributed by atoms with Gasteiger partial charge < -0.3 is 9.29 Å². The molecule has 0 aromatic heterocycles. The van der Waals surface area contributed by atoms with E-state index in [1.54, 1.807) is 0 Å². The molecule has 1 aromatic carbocycles. The monoisotopic (exact) mass is 462 g/mol. The second-order valence-corrected chi connectivity index (χ2v) is 9.98. The van der Waals surface area contributed by atoms with Gasteiger partial charge in [0.15, 0.2) is 0 Å². The van der Waals surface area contributed by atoms with Crippen molar-refractivity contribution in [1.82, 2.24) is 0 Å². The summed E-state index contributed by atoms with van der Waals surface area (Å²) in [6.07, 6.45) is 19.8. The van der Waals surface area contributed by atoms with Crippen molar-refractivity contribution in [3.8, 4) is 5.75 Å². The summed E-state index contributed by atoms with van der Waals surface area (Å²) in [7, 11) is -4.11. The number of hydrogen-bond donors (Lipinski definition) is 0. The molecule has 0 fully saturated rings. The third kappa shape index (κ3) is 20.3. The minimum Gasteiger partial charge on any atom is -0.748 e. The molecule has 6 heteroatoms. The van der Waals surface area contributed by atoms with Crippen LogP contribution in [0.25, 0.3) is 0 Å². The summed E-state index contributed by atoms with van der Waals surface area (Å²) in [6, 6.07) is 8.15. The largest absolute Gasteiger partial charge is 1.00 e. The number of hydrogen-bond acceptors (Lipinski definition) is 4. The fraction of sp³-hybridized carbons (Fsp3) is 0.760. The fourth-order valence-electron chi connectivity index (χ4n) is 3.71. The maximum absolute atomic E-state index is 10.6. The van der Waals surface area contributed by atoms with Gasteiger partial charge in [-0.25, -0.2) is 8.42 Å². The molecule has 0 bridgehead atoms. The van der Waals surface area contributed by atoms with Crippen molar-refractivity contribution in [3.05, 3.63) is 29.8 Å². The Morgan fingerprint density at radius 3 is 1.87 bits per heavy atom. The summed E-state index contributed by atoms with van der Waals surface area (Å²) in [5, 5.41) is 0. The van der Waals surface area contributed by atoms with Gasteiger partial charge in [0.1, 0.15) is 5.75 Å². The van der Waals surface area contributed by atoms with Crippen LogP contribution in [-0.4, -0.2) is 25.3 Å². The summed E-state index contributed by atoms with van der Waals surface area (Å²) in [5.41, 5.74) is 1.29. The van der Waals surface area contributed by atoms with Crippen molar-refractivity contribution in [2.24, 2.45) is 0 Å². The molecule has 0 unspecified atom stereocenters. The Hall–Kier alpha value is -0.0700. The van der Waals surface area contributed by atoms with Crippen LogP contribution in [0.4, 0.5) is 0 Å². The summed E-state index contributed by atoms with van der Waals surface area (Å²) in [4.78, 5) is 0. The van der Waals surface area contributed by atoms with E-state index in [9.17, 15) is 13.0 Å². The number of rotatable bonds is 20. The van der Waals surface area contributed by atoms with E-state index in [0.29, 0.717) is 19.4 Å². The Morgan fingerprint density at radius 1 is 0.774 bits per heavy atom. The summed E-state index contributed by atoms with van der Waals surface area (Å²) >= 11 is 0. The molecule has 0 radical (unpaired) electrons. The van der Waals surface area contributed by atoms with Gasteiger partial charge in [0.05, 0.1) is 16.7 Å². The maximum Gasteiger partial charge on any atom is 1.00 e. The topological polar surface area (TPSA) is 66.4 Å². The average Bonchev–Trinajstić information content (AvgIpc) is 2.71. The normalized spacial score (nSPS) is 11.3. The van der Waals surface area contributed by atoms with Crippen LogP contribution in [0.1, 0.15) is 109 Å². The van der Waals surface area contributed by atoms with Gasteiger partial charge in [-0.3, -0.25) is 0 Å². The number of aryl methyl sites for hydroxylation is 1. The molecule has 0 saturated heterocycles. The molecular weight excluding hydrogens is 419 g/mol. The second kappa shape index (κ2) is 20.5. The summed E-state index contributed by atoms with van der Waals surface area (Å²) < 4.78 is 37.4. The van der Waals surface area contributed by atoms with Crippen molar-refractivity contribution in [2.75, 3.05) is 12.4 Å². The Labute approximate surface area is 214 Å². The van der Waals surface area contributed by atoms with E-state index in [4.69, 9.17) is 4.74 Å². The Morgan fingerprint density at radius 2 is 1.32 bits per heavy atom. The Bertz CT molecular complexity index is 634. The molecule has 1 aromatic rings. The molecule has 0 amide bonds. The van der Waals surface area contributed by atoms with E-state index >= 15 is 0 Å². The molecule has 0 spiro atoms. The van der Waals surface area contributed by atoms with Gasteiger partial charge >= 0.3 is 29.6 Å². The number of ether oxygens (including phenoxy) is 1. The van der Waals surface area contributed by atoms with Crippen molar-refractivity contribution in [1.29, 1.82) is 0 Å². The van der Waals surface area contributed by atoms with E-state index in [-0.39, 0.29) is 35.3 Å². The van der Waals surface area contributed by atoms with Crippen molar-refractivity contribution in [3.63, 3.8) is 0 Å². The molecule has 4 nitrogen and oxygen atoms in total. The molecule has 0 saturated carbocycles. The van der Waals surface area contributed by atoms with Crippen LogP contribution >= 0.6 is 0 Å². The van der Waals surface area contributed by atoms with E-state index in [2.05, 4.69) is 19.1 Å². The first-order chi connectivity index (χ1) is 14.5. The minimum absolute atomic E-state index is 0. The van der Waals surface area contributed by atoms with Gasteiger partial charge in [0, 0.05) is 5.75 Å². The van der Waals surface area contributed by atoms with Crippen LogP contribution < -0.4 is 34.3 Å². The van der Waals surface area contributed by atoms with Gasteiger partial charge in [-0.05, 0) is 43.4 Å². The van der Waals surface area contributed by atoms with Gasteiger partial charge in [-0.1, -0.05) is 96.1 Å². The van der Waals surface area contributed by atoms with Crippen LogP contribution in [0.5, 0.6) is 5.75 Å². The Kier molecular flexibility index (Phi) is 20.5. The maximum atomic E-state index is 10.6.